The minimum atomic E-state index is -0.450. The molecule has 3 heterocycles. The molecule has 0 spiro atoms. The molecular weight excluding hydrogens is 358 g/mol. The molecule has 0 fully saturated rings. The van der Waals surface area contributed by atoms with E-state index in [-0.39, 0.29) is 13.1 Å². The minimum Gasteiger partial charge on any atom is -0.349 e. The van der Waals surface area contributed by atoms with Gasteiger partial charge in [-0.25, -0.2) is 0 Å². The molecule has 28 heavy (non-hydrogen) atoms. The number of rotatable bonds is 5. The van der Waals surface area contributed by atoms with Gasteiger partial charge in [0.25, 0.3) is 11.8 Å². The molecule has 2 aromatic heterocycles. The third-order valence-corrected chi connectivity index (χ3v) is 4.55. The lowest BCUT2D eigenvalue weighted by Gasteiger charge is -2.13. The summed E-state index contributed by atoms with van der Waals surface area (Å²) >= 11 is 0. The minimum absolute atomic E-state index is 0.195. The zero-order chi connectivity index (χ0) is 19.7. The van der Waals surface area contributed by atoms with E-state index in [1.54, 1.807) is 41.3 Å². The van der Waals surface area contributed by atoms with Crippen LogP contribution in [0.2, 0.25) is 0 Å². The normalized spacial score (nSPS) is 13.0. The molecule has 0 saturated heterocycles. The van der Waals surface area contributed by atoms with Crippen LogP contribution in [0.3, 0.4) is 0 Å². The summed E-state index contributed by atoms with van der Waals surface area (Å²) in [6.07, 6.45) is 3.40. The van der Waals surface area contributed by atoms with Gasteiger partial charge in [0.15, 0.2) is 0 Å². The number of benzene rings is 1. The number of pyridine rings is 1. The number of imide groups is 1. The SMILES string of the molecule is Cn1nc(CNC(=O)CN2C(=O)c3ccccc3C2=O)cc1-c1ccncc1. The molecule has 1 aliphatic rings. The number of aromatic nitrogens is 3. The zero-order valence-corrected chi connectivity index (χ0v) is 15.1. The standard InChI is InChI=1S/C20H17N5O3/c1-24-17(13-6-8-21-9-7-13)10-14(23-24)11-22-18(26)12-25-19(27)15-4-2-3-5-16(15)20(25)28/h2-10H,11-12H2,1H3,(H,22,26). The summed E-state index contributed by atoms with van der Waals surface area (Å²) in [5, 5.41) is 7.10. The number of amides is 3. The smallest absolute Gasteiger partial charge is 0.262 e. The van der Waals surface area contributed by atoms with Crippen LogP contribution in [0, 0.1) is 0 Å². The maximum Gasteiger partial charge on any atom is 0.262 e. The summed E-state index contributed by atoms with van der Waals surface area (Å²) in [7, 11) is 1.82. The number of carbonyl (C=O) groups excluding carboxylic acids is 3. The number of nitrogens with one attached hydrogen (secondary N) is 1. The van der Waals surface area contributed by atoms with E-state index in [1.807, 2.05) is 25.2 Å². The highest BCUT2D eigenvalue weighted by atomic mass is 16.2. The number of nitrogens with zero attached hydrogens (tertiary/aromatic N) is 4. The van der Waals surface area contributed by atoms with Gasteiger partial charge in [-0.1, -0.05) is 12.1 Å². The van der Waals surface area contributed by atoms with Gasteiger partial charge in [-0.15, -0.1) is 0 Å². The maximum atomic E-state index is 12.3. The lowest BCUT2D eigenvalue weighted by molar-refractivity contribution is -0.121. The van der Waals surface area contributed by atoms with Crippen LogP contribution >= 0.6 is 0 Å². The van der Waals surface area contributed by atoms with Gasteiger partial charge < -0.3 is 5.32 Å². The molecule has 140 valence electrons. The first-order valence-corrected chi connectivity index (χ1v) is 8.70. The fraction of sp³-hybridized carbons (Fsp3) is 0.150. The van der Waals surface area contributed by atoms with E-state index in [0.717, 1.165) is 16.2 Å². The highest BCUT2D eigenvalue weighted by Crippen LogP contribution is 2.22. The fourth-order valence-electron chi connectivity index (χ4n) is 3.18. The van der Waals surface area contributed by atoms with E-state index in [9.17, 15) is 14.4 Å². The van der Waals surface area contributed by atoms with E-state index in [2.05, 4.69) is 15.4 Å². The number of fused-ring (bicyclic) bond motifs is 1. The van der Waals surface area contributed by atoms with Crippen LogP contribution in [-0.4, -0.2) is 43.9 Å². The van der Waals surface area contributed by atoms with Crippen molar-refractivity contribution in [3.8, 4) is 11.3 Å². The summed E-state index contributed by atoms with van der Waals surface area (Å²) in [4.78, 5) is 41.9. The molecule has 1 N–H and O–H groups in total. The van der Waals surface area contributed by atoms with Gasteiger partial charge in [-0.05, 0) is 30.3 Å². The second kappa shape index (κ2) is 7.07. The lowest BCUT2D eigenvalue weighted by Crippen LogP contribution is -2.40. The predicted octanol–water partition coefficient (Wildman–Crippen LogP) is 1.39. The predicted molar refractivity (Wildman–Crippen MR) is 100 cm³/mol. The Kier molecular flexibility index (Phi) is 4.44. The van der Waals surface area contributed by atoms with Crippen LogP contribution in [0.15, 0.2) is 54.9 Å². The van der Waals surface area contributed by atoms with E-state index in [1.165, 1.54) is 0 Å². The van der Waals surface area contributed by atoms with Crippen LogP contribution in [0.1, 0.15) is 26.4 Å². The molecule has 3 aromatic rings. The molecular formula is C20H17N5O3. The molecule has 4 rings (SSSR count). The zero-order valence-electron chi connectivity index (χ0n) is 15.1. The van der Waals surface area contributed by atoms with Gasteiger partial charge in [-0.3, -0.25) is 28.9 Å². The number of carbonyl (C=O) groups is 3. The molecule has 0 bridgehead atoms. The van der Waals surface area contributed by atoms with Crippen molar-refractivity contribution < 1.29 is 14.4 Å². The van der Waals surface area contributed by atoms with Gasteiger partial charge >= 0.3 is 0 Å². The number of hydrogen-bond donors (Lipinski definition) is 1. The van der Waals surface area contributed by atoms with Crippen LogP contribution in [0.25, 0.3) is 11.3 Å². The van der Waals surface area contributed by atoms with Crippen molar-refractivity contribution >= 4 is 17.7 Å². The molecule has 0 unspecified atom stereocenters. The van der Waals surface area contributed by atoms with Gasteiger partial charge in [0, 0.05) is 25.0 Å². The highest BCUT2D eigenvalue weighted by Gasteiger charge is 2.36. The van der Waals surface area contributed by atoms with Crippen molar-refractivity contribution in [1.29, 1.82) is 0 Å². The van der Waals surface area contributed by atoms with Crippen LogP contribution in [0.5, 0.6) is 0 Å². The second-order valence-electron chi connectivity index (χ2n) is 6.40. The Labute approximate surface area is 160 Å². The maximum absolute atomic E-state index is 12.3. The van der Waals surface area contributed by atoms with Gasteiger partial charge in [0.05, 0.1) is 29.1 Å². The summed E-state index contributed by atoms with van der Waals surface area (Å²) in [6.45, 7) is -0.128. The van der Waals surface area contributed by atoms with Gasteiger partial charge in [-0.2, -0.15) is 5.10 Å². The molecule has 0 saturated carbocycles. The summed E-state index contributed by atoms with van der Waals surface area (Å²) in [5.41, 5.74) is 3.18. The van der Waals surface area contributed by atoms with Crippen LogP contribution in [-0.2, 0) is 18.4 Å². The van der Waals surface area contributed by atoms with E-state index < -0.39 is 17.7 Å². The third-order valence-electron chi connectivity index (χ3n) is 4.55. The average molecular weight is 375 g/mol. The van der Waals surface area contributed by atoms with Crippen LogP contribution < -0.4 is 5.32 Å². The number of aryl methyl sites for hydroxylation is 1. The first-order chi connectivity index (χ1) is 13.5. The Morgan fingerprint density at radius 3 is 2.32 bits per heavy atom. The van der Waals surface area contributed by atoms with E-state index in [0.29, 0.717) is 16.8 Å². The first-order valence-electron chi connectivity index (χ1n) is 8.70. The van der Waals surface area contributed by atoms with Crippen molar-refractivity contribution in [2.45, 2.75) is 6.54 Å². The summed E-state index contributed by atoms with van der Waals surface area (Å²) < 4.78 is 1.72. The molecule has 0 radical (unpaired) electrons. The lowest BCUT2D eigenvalue weighted by atomic mass is 10.1. The Bertz CT molecular complexity index is 1040. The van der Waals surface area contributed by atoms with Crippen molar-refractivity contribution in [3.63, 3.8) is 0 Å². The molecule has 0 aliphatic carbocycles. The molecule has 1 aromatic carbocycles. The number of hydrogen-bond acceptors (Lipinski definition) is 5. The van der Waals surface area contributed by atoms with Crippen molar-refractivity contribution in [2.24, 2.45) is 7.05 Å². The molecule has 8 heteroatoms. The Morgan fingerprint density at radius 1 is 1.04 bits per heavy atom. The monoisotopic (exact) mass is 375 g/mol. The van der Waals surface area contributed by atoms with E-state index in [4.69, 9.17) is 0 Å². The Morgan fingerprint density at radius 2 is 1.68 bits per heavy atom. The van der Waals surface area contributed by atoms with Gasteiger partial charge in [0.1, 0.15) is 6.54 Å². The average Bonchev–Trinajstić information content (AvgIpc) is 3.20. The van der Waals surface area contributed by atoms with E-state index >= 15 is 0 Å². The third kappa shape index (κ3) is 3.16. The van der Waals surface area contributed by atoms with Gasteiger partial charge in [0.2, 0.25) is 5.91 Å². The van der Waals surface area contributed by atoms with Crippen molar-refractivity contribution in [1.82, 2.24) is 25.0 Å². The first kappa shape index (κ1) is 17.6. The molecule has 8 nitrogen and oxygen atoms in total. The second-order valence-corrected chi connectivity index (χ2v) is 6.40. The Hall–Kier alpha value is -3.81. The van der Waals surface area contributed by atoms with Crippen molar-refractivity contribution in [3.05, 3.63) is 71.7 Å². The topological polar surface area (TPSA) is 97.2 Å². The molecule has 1 aliphatic heterocycles. The van der Waals surface area contributed by atoms with Crippen molar-refractivity contribution in [2.75, 3.05) is 6.54 Å². The Balaban J connectivity index is 1.40. The fourth-order valence-corrected chi connectivity index (χ4v) is 3.18. The quantitative estimate of drug-likeness (QED) is 0.680. The molecule has 3 amide bonds. The highest BCUT2D eigenvalue weighted by molar-refractivity contribution is 6.22. The summed E-state index contributed by atoms with van der Waals surface area (Å²) in [6, 6.07) is 12.2. The summed E-state index contributed by atoms with van der Waals surface area (Å²) in [5.74, 6) is -1.33. The largest absolute Gasteiger partial charge is 0.349 e. The van der Waals surface area contributed by atoms with Crippen LogP contribution in [0.4, 0.5) is 0 Å². The molecule has 0 atom stereocenters.